The lowest BCUT2D eigenvalue weighted by atomic mass is 9.59. The van der Waals surface area contributed by atoms with Crippen LogP contribution in [-0.2, 0) is 6.42 Å². The highest BCUT2D eigenvalue weighted by atomic mass is 16.3. The summed E-state index contributed by atoms with van der Waals surface area (Å²) in [4.78, 5) is 0. The number of phenols is 1. The molecule has 0 aliphatic heterocycles. The molecule has 3 aliphatic rings. The third-order valence-electron chi connectivity index (χ3n) is 6.37. The summed E-state index contributed by atoms with van der Waals surface area (Å²) in [5, 5.41) is 9.71. The number of fused-ring (bicyclic) bond motifs is 5. The van der Waals surface area contributed by atoms with Crippen LogP contribution in [0.2, 0.25) is 0 Å². The van der Waals surface area contributed by atoms with Crippen LogP contribution in [0.25, 0.3) is 0 Å². The second-order valence-corrected chi connectivity index (χ2v) is 7.21. The van der Waals surface area contributed by atoms with E-state index in [-0.39, 0.29) is 0 Å². The van der Waals surface area contributed by atoms with E-state index in [1.165, 1.54) is 36.8 Å². The number of benzene rings is 1. The highest BCUT2D eigenvalue weighted by molar-refractivity contribution is 5.48. The van der Waals surface area contributed by atoms with Crippen molar-refractivity contribution in [3.8, 4) is 5.75 Å². The highest BCUT2D eigenvalue weighted by Crippen LogP contribution is 2.61. The second-order valence-electron chi connectivity index (χ2n) is 7.21. The van der Waals surface area contributed by atoms with E-state index in [1.54, 1.807) is 11.1 Å². The molecule has 21 heavy (non-hydrogen) atoms. The van der Waals surface area contributed by atoms with Crippen molar-refractivity contribution in [3.63, 3.8) is 0 Å². The molecule has 1 aromatic rings. The Balaban J connectivity index is 1.76. The van der Waals surface area contributed by atoms with Gasteiger partial charge in [-0.05, 0) is 73.6 Å². The molecule has 2 saturated carbocycles. The first-order chi connectivity index (χ1) is 10.1. The van der Waals surface area contributed by atoms with Crippen LogP contribution in [0.15, 0.2) is 41.5 Å². The topological polar surface area (TPSA) is 20.2 Å². The summed E-state index contributed by atoms with van der Waals surface area (Å²) in [6, 6.07) is 5.99. The van der Waals surface area contributed by atoms with Crippen LogP contribution in [-0.4, -0.2) is 5.11 Å². The lowest BCUT2D eigenvalue weighted by Crippen LogP contribution is -2.34. The van der Waals surface area contributed by atoms with Gasteiger partial charge in [0.25, 0.3) is 0 Å². The molecule has 0 heterocycles. The zero-order valence-electron chi connectivity index (χ0n) is 13.0. The predicted molar refractivity (Wildman–Crippen MR) is 86.5 cm³/mol. The summed E-state index contributed by atoms with van der Waals surface area (Å²) < 4.78 is 0. The van der Waals surface area contributed by atoms with Gasteiger partial charge in [-0.1, -0.05) is 36.3 Å². The van der Waals surface area contributed by atoms with Gasteiger partial charge in [0.2, 0.25) is 0 Å². The highest BCUT2D eigenvalue weighted by Gasteiger charge is 2.49. The van der Waals surface area contributed by atoms with Crippen molar-refractivity contribution in [2.75, 3.05) is 0 Å². The minimum absolute atomic E-state index is 0.406. The van der Waals surface area contributed by atoms with E-state index < -0.39 is 0 Å². The van der Waals surface area contributed by atoms with Gasteiger partial charge in [0.1, 0.15) is 5.75 Å². The van der Waals surface area contributed by atoms with E-state index in [0.29, 0.717) is 17.1 Å². The maximum atomic E-state index is 9.71. The SMILES string of the molecule is CC=C1CCC2C3=CCc4cc(O)ccc4C3CCC12C. The maximum Gasteiger partial charge on any atom is 0.115 e. The molecule has 110 valence electrons. The van der Waals surface area contributed by atoms with Crippen molar-refractivity contribution < 1.29 is 5.11 Å². The van der Waals surface area contributed by atoms with Gasteiger partial charge >= 0.3 is 0 Å². The lowest BCUT2D eigenvalue weighted by molar-refractivity contribution is 0.229. The second kappa shape index (κ2) is 4.50. The Kier molecular flexibility index (Phi) is 2.82. The largest absolute Gasteiger partial charge is 0.508 e. The maximum absolute atomic E-state index is 9.71. The molecule has 2 fully saturated rings. The lowest BCUT2D eigenvalue weighted by Gasteiger charge is -2.45. The van der Waals surface area contributed by atoms with E-state index in [2.05, 4.69) is 32.1 Å². The van der Waals surface area contributed by atoms with Crippen molar-refractivity contribution in [2.24, 2.45) is 11.3 Å². The van der Waals surface area contributed by atoms with Crippen LogP contribution in [0.1, 0.15) is 56.6 Å². The Hall–Kier alpha value is -1.50. The molecule has 3 atom stereocenters. The molecule has 3 unspecified atom stereocenters. The standard InChI is InChI=1S/C20H24O/c1-3-14-5-9-19-18-7-4-13-12-15(21)6-8-16(13)17(18)10-11-20(14,19)2/h3,6-8,12,17,19,21H,4-5,9-11H2,1-2H3. The molecule has 0 saturated heterocycles. The minimum Gasteiger partial charge on any atom is -0.508 e. The van der Waals surface area contributed by atoms with Crippen molar-refractivity contribution in [2.45, 2.75) is 51.9 Å². The Morgan fingerprint density at radius 3 is 2.95 bits per heavy atom. The average Bonchev–Trinajstić information content (AvgIpc) is 2.83. The predicted octanol–water partition coefficient (Wildman–Crippen LogP) is 5.11. The molecule has 0 radical (unpaired) electrons. The summed E-state index contributed by atoms with van der Waals surface area (Å²) in [5.74, 6) is 1.75. The van der Waals surface area contributed by atoms with Crippen LogP contribution < -0.4 is 0 Å². The molecular formula is C20H24O. The van der Waals surface area contributed by atoms with Crippen molar-refractivity contribution in [1.29, 1.82) is 0 Å². The van der Waals surface area contributed by atoms with Gasteiger partial charge in [0.05, 0.1) is 0 Å². The Bertz CT molecular complexity index is 652. The van der Waals surface area contributed by atoms with Crippen LogP contribution in [0.5, 0.6) is 5.75 Å². The summed E-state index contributed by atoms with van der Waals surface area (Å²) >= 11 is 0. The molecule has 0 amide bonds. The van der Waals surface area contributed by atoms with Gasteiger partial charge in [0, 0.05) is 5.92 Å². The van der Waals surface area contributed by atoms with E-state index in [9.17, 15) is 5.11 Å². The number of rotatable bonds is 0. The molecule has 1 heteroatoms. The number of allylic oxidation sites excluding steroid dienone is 4. The summed E-state index contributed by atoms with van der Waals surface area (Å²) in [5.41, 5.74) is 6.59. The third kappa shape index (κ3) is 1.76. The quantitative estimate of drug-likeness (QED) is 0.654. The van der Waals surface area contributed by atoms with E-state index in [1.807, 2.05) is 12.1 Å². The van der Waals surface area contributed by atoms with E-state index in [0.717, 1.165) is 12.3 Å². The van der Waals surface area contributed by atoms with Gasteiger partial charge in [-0.15, -0.1) is 0 Å². The zero-order valence-corrected chi connectivity index (χ0v) is 13.0. The summed E-state index contributed by atoms with van der Waals surface area (Å²) in [6.45, 7) is 4.70. The molecule has 3 aliphatic carbocycles. The number of aromatic hydroxyl groups is 1. The molecule has 0 aromatic heterocycles. The average molecular weight is 280 g/mol. The third-order valence-corrected chi connectivity index (χ3v) is 6.37. The minimum atomic E-state index is 0.406. The first kappa shape index (κ1) is 13.2. The van der Waals surface area contributed by atoms with Gasteiger partial charge in [-0.2, -0.15) is 0 Å². The normalized spacial score (nSPS) is 35.9. The number of hydrogen-bond acceptors (Lipinski definition) is 1. The molecule has 1 nitrogen and oxygen atoms in total. The van der Waals surface area contributed by atoms with Crippen LogP contribution >= 0.6 is 0 Å². The summed E-state index contributed by atoms with van der Waals surface area (Å²) in [7, 11) is 0. The van der Waals surface area contributed by atoms with Gasteiger partial charge in [-0.3, -0.25) is 0 Å². The van der Waals surface area contributed by atoms with Crippen molar-refractivity contribution in [1.82, 2.24) is 0 Å². The first-order valence-corrected chi connectivity index (χ1v) is 8.31. The Morgan fingerprint density at radius 2 is 2.14 bits per heavy atom. The van der Waals surface area contributed by atoms with Crippen molar-refractivity contribution in [3.05, 3.63) is 52.6 Å². The van der Waals surface area contributed by atoms with E-state index >= 15 is 0 Å². The Labute approximate surface area is 127 Å². The Morgan fingerprint density at radius 1 is 1.29 bits per heavy atom. The molecule has 4 rings (SSSR count). The molecule has 0 bridgehead atoms. The first-order valence-electron chi connectivity index (χ1n) is 8.31. The van der Waals surface area contributed by atoms with Crippen LogP contribution in [0.4, 0.5) is 0 Å². The van der Waals surface area contributed by atoms with Crippen LogP contribution in [0, 0.1) is 11.3 Å². The van der Waals surface area contributed by atoms with Gasteiger partial charge < -0.3 is 5.11 Å². The molecule has 1 N–H and O–H groups in total. The molecule has 1 aromatic carbocycles. The van der Waals surface area contributed by atoms with Crippen molar-refractivity contribution >= 4 is 0 Å². The molecule has 0 spiro atoms. The fourth-order valence-corrected chi connectivity index (χ4v) is 5.28. The fraction of sp³-hybridized carbons (Fsp3) is 0.500. The van der Waals surface area contributed by atoms with Crippen LogP contribution in [0.3, 0.4) is 0 Å². The monoisotopic (exact) mass is 280 g/mol. The smallest absolute Gasteiger partial charge is 0.115 e. The number of phenolic OH excluding ortho intramolecular Hbond substituents is 1. The number of hydrogen-bond donors (Lipinski definition) is 1. The summed E-state index contributed by atoms with van der Waals surface area (Å²) in [6.07, 6.45) is 11.0. The van der Waals surface area contributed by atoms with Gasteiger partial charge in [0.15, 0.2) is 0 Å². The fourth-order valence-electron chi connectivity index (χ4n) is 5.28. The zero-order chi connectivity index (χ0) is 14.6. The van der Waals surface area contributed by atoms with E-state index in [4.69, 9.17) is 0 Å². The van der Waals surface area contributed by atoms with Gasteiger partial charge in [-0.25, -0.2) is 0 Å². The molecular weight excluding hydrogens is 256 g/mol.